The molecule has 7 heteroatoms. The number of rotatable bonds is 4. The quantitative estimate of drug-likeness (QED) is 0.816. The average Bonchev–Trinajstić information content (AvgIpc) is 2.86. The first-order valence-corrected chi connectivity index (χ1v) is 7.78. The summed E-state index contributed by atoms with van der Waals surface area (Å²) in [5.74, 6) is -0.521. The molecule has 1 aromatic heterocycles. The van der Waals surface area contributed by atoms with E-state index in [0.29, 0.717) is 20.6 Å². The first-order valence-electron chi connectivity index (χ1n) is 6.10. The van der Waals surface area contributed by atoms with Crippen molar-refractivity contribution >= 4 is 44.1 Å². The fourth-order valence-electron chi connectivity index (χ4n) is 1.66. The van der Waals surface area contributed by atoms with Crippen LogP contribution in [0.3, 0.4) is 0 Å². The molecule has 21 heavy (non-hydrogen) atoms. The lowest BCUT2D eigenvalue weighted by Gasteiger charge is -2.12. The van der Waals surface area contributed by atoms with E-state index < -0.39 is 0 Å². The van der Waals surface area contributed by atoms with Crippen molar-refractivity contribution in [3.8, 4) is 0 Å². The normalized spacial score (nSPS) is 10.5. The minimum atomic E-state index is -0.260. The van der Waals surface area contributed by atoms with Crippen LogP contribution in [-0.4, -0.2) is 30.9 Å². The Morgan fingerprint density at radius 2 is 1.81 bits per heavy atom. The molecule has 2 rings (SSSR count). The molecular weight excluding hydrogens is 354 g/mol. The van der Waals surface area contributed by atoms with Crippen molar-refractivity contribution in [2.24, 2.45) is 0 Å². The summed E-state index contributed by atoms with van der Waals surface area (Å²) < 4.78 is 0.707. The van der Waals surface area contributed by atoms with E-state index in [9.17, 15) is 9.59 Å². The summed E-state index contributed by atoms with van der Waals surface area (Å²) in [6.45, 7) is 0. The van der Waals surface area contributed by atoms with E-state index in [1.54, 1.807) is 48.7 Å². The number of halogens is 1. The molecular formula is C14H14BrN3O2S. The molecule has 0 saturated heterocycles. The van der Waals surface area contributed by atoms with E-state index in [1.165, 1.54) is 11.3 Å². The van der Waals surface area contributed by atoms with Gasteiger partial charge in [-0.05, 0) is 39.5 Å². The van der Waals surface area contributed by atoms with Crippen LogP contribution in [0.1, 0.15) is 20.7 Å². The molecule has 0 aliphatic heterocycles. The highest BCUT2D eigenvalue weighted by Gasteiger charge is 2.17. The van der Waals surface area contributed by atoms with Crippen molar-refractivity contribution in [3.63, 3.8) is 0 Å². The lowest BCUT2D eigenvalue weighted by molar-refractivity contribution is 0.0858. The third kappa shape index (κ3) is 3.90. The van der Waals surface area contributed by atoms with Gasteiger partial charge in [0.25, 0.3) is 11.8 Å². The van der Waals surface area contributed by atoms with Gasteiger partial charge in [-0.1, -0.05) is 12.1 Å². The number of nitrogens with zero attached hydrogens (tertiary/aromatic N) is 1. The predicted octanol–water partition coefficient (Wildman–Crippen LogP) is 2.97. The highest BCUT2D eigenvalue weighted by molar-refractivity contribution is 9.10. The third-order valence-electron chi connectivity index (χ3n) is 2.58. The zero-order valence-corrected chi connectivity index (χ0v) is 13.9. The number of carbonyl (C=O) groups excluding carboxylic acids is 2. The van der Waals surface area contributed by atoms with Gasteiger partial charge in [0.15, 0.2) is 0 Å². The Balaban J connectivity index is 2.18. The molecule has 0 saturated carbocycles. The summed E-state index contributed by atoms with van der Waals surface area (Å²) in [5.41, 5.74) is 3.61. The Kier molecular flexibility index (Phi) is 5.11. The number of nitrogens with one attached hydrogen (secondary N) is 2. The first-order chi connectivity index (χ1) is 9.99. The molecule has 0 unspecified atom stereocenters. The highest BCUT2D eigenvalue weighted by atomic mass is 79.9. The number of amides is 2. The van der Waals surface area contributed by atoms with E-state index in [2.05, 4.69) is 26.7 Å². The smallest absolute Gasteiger partial charge is 0.268 e. The maximum absolute atomic E-state index is 12.3. The van der Waals surface area contributed by atoms with E-state index in [0.717, 1.165) is 0 Å². The van der Waals surface area contributed by atoms with Gasteiger partial charge in [-0.3, -0.25) is 15.0 Å². The molecule has 0 radical (unpaired) electrons. The molecule has 0 aliphatic rings. The van der Waals surface area contributed by atoms with Crippen LogP contribution in [0.4, 0.5) is 5.00 Å². The van der Waals surface area contributed by atoms with E-state index in [1.807, 2.05) is 6.07 Å². The molecule has 5 nitrogen and oxygen atoms in total. The van der Waals surface area contributed by atoms with E-state index >= 15 is 0 Å². The lowest BCUT2D eigenvalue weighted by Crippen LogP contribution is -2.36. The maximum atomic E-state index is 12.3. The van der Waals surface area contributed by atoms with Crippen LogP contribution in [-0.2, 0) is 0 Å². The predicted molar refractivity (Wildman–Crippen MR) is 87.6 cm³/mol. The number of benzene rings is 1. The Hall–Kier alpha value is -1.70. The summed E-state index contributed by atoms with van der Waals surface area (Å²) in [6, 6.07) is 8.81. The number of thiophene rings is 1. The second-order valence-corrected chi connectivity index (χ2v) is 6.20. The van der Waals surface area contributed by atoms with E-state index in [4.69, 9.17) is 0 Å². The van der Waals surface area contributed by atoms with Crippen molar-refractivity contribution in [1.29, 1.82) is 0 Å². The minimum Gasteiger partial charge on any atom is -0.313 e. The second kappa shape index (κ2) is 6.84. The fraction of sp³-hybridized carbons (Fsp3) is 0.143. The molecule has 2 N–H and O–H groups in total. The van der Waals surface area contributed by atoms with Crippen molar-refractivity contribution in [2.45, 2.75) is 0 Å². The van der Waals surface area contributed by atoms with Crippen LogP contribution in [0.2, 0.25) is 0 Å². The number of carbonyl (C=O) groups is 2. The van der Waals surface area contributed by atoms with Crippen LogP contribution in [0.25, 0.3) is 0 Å². The molecule has 0 spiro atoms. The van der Waals surface area contributed by atoms with Crippen LogP contribution in [0.5, 0.6) is 0 Å². The highest BCUT2D eigenvalue weighted by Crippen LogP contribution is 2.25. The largest absolute Gasteiger partial charge is 0.313 e. The Labute approximate surface area is 135 Å². The summed E-state index contributed by atoms with van der Waals surface area (Å²) in [7, 11) is 3.45. The van der Waals surface area contributed by atoms with Crippen molar-refractivity contribution < 1.29 is 9.59 Å². The SMILES string of the molecule is CN(C)NC(=O)c1ccsc1NC(=O)c1ccccc1Br. The molecule has 1 heterocycles. The minimum absolute atomic E-state index is 0.260. The monoisotopic (exact) mass is 367 g/mol. The molecule has 110 valence electrons. The molecule has 2 amide bonds. The second-order valence-electron chi connectivity index (χ2n) is 4.43. The van der Waals surface area contributed by atoms with Gasteiger partial charge >= 0.3 is 0 Å². The van der Waals surface area contributed by atoms with Gasteiger partial charge in [-0.15, -0.1) is 11.3 Å². The zero-order chi connectivity index (χ0) is 15.4. The van der Waals surface area contributed by atoms with Crippen molar-refractivity contribution in [2.75, 3.05) is 19.4 Å². The van der Waals surface area contributed by atoms with Crippen LogP contribution >= 0.6 is 27.3 Å². The van der Waals surface area contributed by atoms with E-state index in [-0.39, 0.29) is 11.8 Å². The Morgan fingerprint density at radius 3 is 2.48 bits per heavy atom. The molecule has 0 fully saturated rings. The number of hydrazine groups is 1. The average molecular weight is 368 g/mol. The van der Waals surface area contributed by atoms with Gasteiger partial charge < -0.3 is 5.32 Å². The van der Waals surface area contributed by atoms with Crippen molar-refractivity contribution in [3.05, 3.63) is 51.3 Å². The van der Waals surface area contributed by atoms with Crippen LogP contribution in [0, 0.1) is 0 Å². The molecule has 0 atom stereocenters. The summed E-state index contributed by atoms with van der Waals surface area (Å²) in [4.78, 5) is 24.3. The van der Waals surface area contributed by atoms with Gasteiger partial charge in [0.2, 0.25) is 0 Å². The Bertz CT molecular complexity index is 670. The van der Waals surface area contributed by atoms with Crippen molar-refractivity contribution in [1.82, 2.24) is 10.4 Å². The maximum Gasteiger partial charge on any atom is 0.268 e. The standard InChI is InChI=1S/C14H14BrN3O2S/c1-18(2)17-13(20)10-7-8-21-14(10)16-12(19)9-5-3-4-6-11(9)15/h3-8H,1-2H3,(H,16,19)(H,17,20). The first kappa shape index (κ1) is 15.7. The molecule has 0 aliphatic carbocycles. The van der Waals surface area contributed by atoms with Gasteiger partial charge in [0.05, 0.1) is 11.1 Å². The topological polar surface area (TPSA) is 61.4 Å². The summed E-state index contributed by atoms with van der Waals surface area (Å²) in [6.07, 6.45) is 0. The number of anilines is 1. The zero-order valence-electron chi connectivity index (χ0n) is 11.5. The van der Waals surface area contributed by atoms with Gasteiger partial charge in [0.1, 0.15) is 5.00 Å². The molecule has 1 aromatic carbocycles. The summed E-state index contributed by atoms with van der Waals surface area (Å²) >= 11 is 4.64. The van der Waals surface area contributed by atoms with Crippen LogP contribution in [0.15, 0.2) is 40.2 Å². The number of hydrogen-bond donors (Lipinski definition) is 2. The summed E-state index contributed by atoms with van der Waals surface area (Å²) in [5, 5.41) is 6.61. The molecule has 2 aromatic rings. The van der Waals surface area contributed by atoms with Crippen LogP contribution < -0.4 is 10.7 Å². The van der Waals surface area contributed by atoms with Gasteiger partial charge in [-0.25, -0.2) is 5.01 Å². The number of hydrogen-bond acceptors (Lipinski definition) is 4. The lowest BCUT2D eigenvalue weighted by atomic mass is 10.2. The third-order valence-corrected chi connectivity index (χ3v) is 4.10. The fourth-order valence-corrected chi connectivity index (χ4v) is 2.91. The van der Waals surface area contributed by atoms with Gasteiger partial charge in [-0.2, -0.15) is 0 Å². The van der Waals surface area contributed by atoms with Gasteiger partial charge in [0, 0.05) is 18.6 Å². The molecule has 0 bridgehead atoms. The Morgan fingerprint density at radius 1 is 1.10 bits per heavy atom.